The summed E-state index contributed by atoms with van der Waals surface area (Å²) in [6.45, 7) is 0. The van der Waals surface area contributed by atoms with E-state index < -0.39 is 24.2 Å². The Balaban J connectivity index is 2.32. The van der Waals surface area contributed by atoms with Crippen molar-refractivity contribution in [2.45, 2.75) is 12.7 Å². The van der Waals surface area contributed by atoms with Gasteiger partial charge < -0.3 is 9.47 Å². The van der Waals surface area contributed by atoms with Crippen LogP contribution in [0.25, 0.3) is 11.1 Å². The van der Waals surface area contributed by atoms with Gasteiger partial charge in [0.1, 0.15) is 11.5 Å². The van der Waals surface area contributed by atoms with Crippen LogP contribution in [-0.2, 0) is 0 Å². The lowest BCUT2D eigenvalue weighted by molar-refractivity contribution is -0.275. The van der Waals surface area contributed by atoms with Gasteiger partial charge in [-0.1, -0.05) is 24.1 Å². The highest BCUT2D eigenvalue weighted by Crippen LogP contribution is 2.32. The fourth-order valence-corrected chi connectivity index (χ4v) is 1.88. The van der Waals surface area contributed by atoms with Gasteiger partial charge in [0.15, 0.2) is 0 Å². The van der Waals surface area contributed by atoms with Gasteiger partial charge in [0.05, 0.1) is 5.56 Å². The molecule has 0 fully saturated rings. The van der Waals surface area contributed by atoms with E-state index in [4.69, 9.17) is 6.42 Å². The van der Waals surface area contributed by atoms with Gasteiger partial charge in [0.2, 0.25) is 0 Å². The first-order valence-corrected chi connectivity index (χ1v) is 6.30. The summed E-state index contributed by atoms with van der Waals surface area (Å²) < 4.78 is 81.0. The molecule has 0 aliphatic heterocycles. The second-order valence-electron chi connectivity index (χ2n) is 4.48. The van der Waals surface area contributed by atoms with Gasteiger partial charge in [0, 0.05) is 0 Å². The second kappa shape index (κ2) is 6.35. The first-order valence-electron chi connectivity index (χ1n) is 6.30. The number of halogens is 6. The molecule has 24 heavy (non-hydrogen) atoms. The number of benzene rings is 2. The zero-order chi connectivity index (χ0) is 18.0. The average Bonchev–Trinajstić information content (AvgIpc) is 2.44. The van der Waals surface area contributed by atoms with Crippen molar-refractivity contribution in [3.63, 3.8) is 0 Å². The van der Waals surface area contributed by atoms with Crippen molar-refractivity contribution < 1.29 is 35.8 Å². The quantitative estimate of drug-likeness (QED) is 0.566. The highest BCUT2D eigenvalue weighted by Gasteiger charge is 2.32. The van der Waals surface area contributed by atoms with Crippen molar-refractivity contribution in [2.75, 3.05) is 0 Å². The zero-order valence-corrected chi connectivity index (χ0v) is 11.7. The van der Waals surface area contributed by atoms with E-state index in [0.29, 0.717) is 5.56 Å². The lowest BCUT2D eigenvalue weighted by atomic mass is 10.0. The van der Waals surface area contributed by atoms with Crippen molar-refractivity contribution in [1.29, 1.82) is 0 Å². The van der Waals surface area contributed by atoms with Crippen molar-refractivity contribution in [3.8, 4) is 35.0 Å². The third-order valence-electron chi connectivity index (χ3n) is 2.78. The van der Waals surface area contributed by atoms with Crippen LogP contribution in [0.5, 0.6) is 11.5 Å². The van der Waals surface area contributed by atoms with E-state index in [9.17, 15) is 26.3 Å². The number of rotatable bonds is 3. The van der Waals surface area contributed by atoms with E-state index in [1.54, 1.807) is 0 Å². The molecule has 0 aromatic heterocycles. The molecule has 8 heteroatoms. The highest BCUT2D eigenvalue weighted by molar-refractivity contribution is 5.68. The minimum atomic E-state index is -4.92. The van der Waals surface area contributed by atoms with E-state index >= 15 is 0 Å². The first-order chi connectivity index (χ1) is 11.1. The Morgan fingerprint density at radius 3 is 1.79 bits per heavy atom. The summed E-state index contributed by atoms with van der Waals surface area (Å²) >= 11 is 0. The van der Waals surface area contributed by atoms with Crippen LogP contribution in [-0.4, -0.2) is 12.7 Å². The molecule has 0 aliphatic rings. The SMILES string of the molecule is C#Cc1ccc(-c2ccc(OC(F)(F)F)cc2)cc1OC(F)(F)F. The van der Waals surface area contributed by atoms with E-state index in [2.05, 4.69) is 15.4 Å². The van der Waals surface area contributed by atoms with Gasteiger partial charge in [-0.15, -0.1) is 32.8 Å². The zero-order valence-electron chi connectivity index (χ0n) is 11.7. The summed E-state index contributed by atoms with van der Waals surface area (Å²) in [6, 6.07) is 8.36. The molecule has 0 unspecified atom stereocenters. The molecule has 0 saturated carbocycles. The van der Waals surface area contributed by atoms with Gasteiger partial charge in [-0.2, -0.15) is 0 Å². The molecule has 0 saturated heterocycles. The van der Waals surface area contributed by atoms with Crippen molar-refractivity contribution >= 4 is 0 Å². The Labute approximate surface area is 132 Å². The molecule has 126 valence electrons. The Morgan fingerprint density at radius 2 is 1.29 bits per heavy atom. The van der Waals surface area contributed by atoms with Crippen LogP contribution < -0.4 is 9.47 Å². The number of alkyl halides is 6. The van der Waals surface area contributed by atoms with E-state index in [1.165, 1.54) is 24.3 Å². The Morgan fingerprint density at radius 1 is 0.750 bits per heavy atom. The van der Waals surface area contributed by atoms with Crippen molar-refractivity contribution in [3.05, 3.63) is 48.0 Å². The molecule has 2 rings (SSSR count). The predicted octanol–water partition coefficient (Wildman–Crippen LogP) is 5.13. The maximum Gasteiger partial charge on any atom is 0.573 e. The maximum absolute atomic E-state index is 12.4. The number of terminal acetylenes is 1. The standard InChI is InChI=1S/C16H8F6O2/c1-2-10-3-4-12(9-14(10)24-16(20,21)22)11-5-7-13(8-6-11)23-15(17,18)19/h1,3-9H. The third-order valence-corrected chi connectivity index (χ3v) is 2.78. The number of ether oxygens (including phenoxy) is 2. The summed E-state index contributed by atoms with van der Waals surface area (Å²) in [4.78, 5) is 0. The Kier molecular flexibility index (Phi) is 4.64. The molecule has 0 aliphatic carbocycles. The number of hydrogen-bond donors (Lipinski definition) is 0. The van der Waals surface area contributed by atoms with Crippen LogP contribution in [0.4, 0.5) is 26.3 Å². The Hall–Kier alpha value is -2.82. The lowest BCUT2D eigenvalue weighted by Crippen LogP contribution is -2.17. The first kappa shape index (κ1) is 17.5. The topological polar surface area (TPSA) is 18.5 Å². The monoisotopic (exact) mass is 346 g/mol. The normalized spacial score (nSPS) is 11.7. The molecule has 2 nitrogen and oxygen atoms in total. The van der Waals surface area contributed by atoms with Crippen LogP contribution in [0.15, 0.2) is 42.5 Å². The molecule has 0 bridgehead atoms. The van der Waals surface area contributed by atoms with E-state index in [-0.39, 0.29) is 11.1 Å². The maximum atomic E-state index is 12.4. The van der Waals surface area contributed by atoms with Gasteiger partial charge in [0.25, 0.3) is 0 Å². The molecule has 0 radical (unpaired) electrons. The van der Waals surface area contributed by atoms with Gasteiger partial charge >= 0.3 is 12.7 Å². The molecular weight excluding hydrogens is 338 g/mol. The fourth-order valence-electron chi connectivity index (χ4n) is 1.88. The second-order valence-corrected chi connectivity index (χ2v) is 4.48. The van der Waals surface area contributed by atoms with Gasteiger partial charge in [-0.3, -0.25) is 0 Å². The largest absolute Gasteiger partial charge is 0.573 e. The minimum absolute atomic E-state index is 0.104. The van der Waals surface area contributed by atoms with E-state index in [1.807, 2.05) is 0 Å². The molecule has 2 aromatic rings. The summed E-state index contributed by atoms with van der Waals surface area (Å²) in [5.74, 6) is 1.04. The van der Waals surface area contributed by atoms with Crippen molar-refractivity contribution in [2.24, 2.45) is 0 Å². The molecule has 0 spiro atoms. The summed E-state index contributed by atoms with van der Waals surface area (Å²) in [6.07, 6.45) is -4.64. The molecular formula is C16H8F6O2. The van der Waals surface area contributed by atoms with E-state index in [0.717, 1.165) is 18.2 Å². The fraction of sp³-hybridized carbons (Fsp3) is 0.125. The van der Waals surface area contributed by atoms with Crippen LogP contribution in [0.3, 0.4) is 0 Å². The summed E-state index contributed by atoms with van der Waals surface area (Å²) in [7, 11) is 0. The van der Waals surface area contributed by atoms with Crippen LogP contribution >= 0.6 is 0 Å². The predicted molar refractivity (Wildman–Crippen MR) is 73.2 cm³/mol. The molecule has 0 heterocycles. The Bertz CT molecular complexity index is 754. The molecule has 2 aromatic carbocycles. The highest BCUT2D eigenvalue weighted by atomic mass is 19.4. The summed E-state index contributed by atoms with van der Waals surface area (Å²) in [5, 5.41) is 0. The van der Waals surface area contributed by atoms with Crippen LogP contribution in [0.2, 0.25) is 0 Å². The third kappa shape index (κ3) is 4.84. The molecule has 0 atom stereocenters. The summed E-state index contributed by atoms with van der Waals surface area (Å²) in [5.41, 5.74) is 0.542. The average molecular weight is 346 g/mol. The van der Waals surface area contributed by atoms with Gasteiger partial charge in [-0.25, -0.2) is 0 Å². The number of hydrogen-bond acceptors (Lipinski definition) is 2. The molecule has 0 amide bonds. The smallest absolute Gasteiger partial charge is 0.406 e. The van der Waals surface area contributed by atoms with Crippen LogP contribution in [0.1, 0.15) is 5.56 Å². The lowest BCUT2D eigenvalue weighted by Gasteiger charge is -2.13. The van der Waals surface area contributed by atoms with Crippen LogP contribution in [0, 0.1) is 12.3 Å². The van der Waals surface area contributed by atoms with Crippen molar-refractivity contribution in [1.82, 2.24) is 0 Å². The molecule has 0 N–H and O–H groups in total. The van der Waals surface area contributed by atoms with Gasteiger partial charge in [-0.05, 0) is 35.4 Å². The minimum Gasteiger partial charge on any atom is -0.406 e.